The Morgan fingerprint density at radius 3 is 2.82 bits per heavy atom. The van der Waals surface area contributed by atoms with E-state index in [0.29, 0.717) is 21.5 Å². The number of amides is 1. The summed E-state index contributed by atoms with van der Waals surface area (Å²) in [6.45, 7) is 1.90. The lowest BCUT2D eigenvalue weighted by atomic mass is 10.2. The van der Waals surface area contributed by atoms with Gasteiger partial charge in [-0.05, 0) is 44.0 Å². The highest BCUT2D eigenvalue weighted by Gasteiger charge is 2.25. The molecule has 3 aromatic rings. The minimum absolute atomic E-state index is 0.0206. The molecule has 0 aliphatic heterocycles. The van der Waals surface area contributed by atoms with Crippen LogP contribution in [0, 0.1) is 6.92 Å². The van der Waals surface area contributed by atoms with E-state index in [-0.39, 0.29) is 17.4 Å². The maximum absolute atomic E-state index is 12.6. The Bertz CT molecular complexity index is 1060. The van der Waals surface area contributed by atoms with Crippen LogP contribution < -0.4 is 10.1 Å². The Morgan fingerprint density at radius 1 is 1.29 bits per heavy atom. The third-order valence-corrected chi connectivity index (χ3v) is 6.46. The summed E-state index contributed by atoms with van der Waals surface area (Å²) in [7, 11) is 1.59. The second-order valence-corrected chi connectivity index (χ2v) is 8.68. The Morgan fingerprint density at radius 2 is 2.07 bits per heavy atom. The molecule has 8 heteroatoms. The minimum Gasteiger partial charge on any atom is -0.495 e. The fourth-order valence-electron chi connectivity index (χ4n) is 2.71. The summed E-state index contributed by atoms with van der Waals surface area (Å²) in [5.41, 5.74) is 1.66. The van der Waals surface area contributed by atoms with Crippen LogP contribution in [0.2, 0.25) is 0 Å². The highest BCUT2D eigenvalue weighted by Crippen LogP contribution is 2.30. The van der Waals surface area contributed by atoms with Crippen molar-refractivity contribution in [3.05, 3.63) is 45.9 Å². The van der Waals surface area contributed by atoms with Crippen molar-refractivity contribution in [1.82, 2.24) is 15.3 Å². The number of ketones is 1. The highest BCUT2D eigenvalue weighted by atomic mass is 32.2. The van der Waals surface area contributed by atoms with E-state index in [0.717, 1.165) is 34.5 Å². The van der Waals surface area contributed by atoms with Crippen LogP contribution in [0.1, 0.15) is 37.9 Å². The van der Waals surface area contributed by atoms with Crippen LogP contribution in [0.15, 0.2) is 35.5 Å². The number of methoxy groups -OCH3 is 1. The molecule has 0 aromatic carbocycles. The van der Waals surface area contributed by atoms with Gasteiger partial charge < -0.3 is 10.1 Å². The van der Waals surface area contributed by atoms with Crippen LogP contribution in [0.25, 0.3) is 10.9 Å². The van der Waals surface area contributed by atoms with Gasteiger partial charge in [-0.3, -0.25) is 14.6 Å². The average Bonchev–Trinajstić information content (AvgIpc) is 3.36. The molecule has 1 N–H and O–H groups in total. The van der Waals surface area contributed by atoms with Crippen LogP contribution in [0.5, 0.6) is 5.75 Å². The first-order chi connectivity index (χ1) is 13.5. The third-order valence-electron chi connectivity index (χ3n) is 4.34. The third kappa shape index (κ3) is 4.18. The molecule has 0 bridgehead atoms. The second kappa shape index (κ2) is 7.89. The minimum atomic E-state index is -0.0938. The zero-order valence-electron chi connectivity index (χ0n) is 15.5. The van der Waals surface area contributed by atoms with E-state index >= 15 is 0 Å². The first kappa shape index (κ1) is 18.9. The lowest BCUT2D eigenvalue weighted by molar-refractivity contribution is 0.0954. The number of fused-ring (bicyclic) bond motifs is 1. The molecule has 144 valence electrons. The summed E-state index contributed by atoms with van der Waals surface area (Å²) < 4.78 is 5.26. The summed E-state index contributed by atoms with van der Waals surface area (Å²) >= 11 is 2.61. The molecule has 28 heavy (non-hydrogen) atoms. The second-order valence-electron chi connectivity index (χ2n) is 6.63. The van der Waals surface area contributed by atoms with E-state index in [2.05, 4.69) is 15.3 Å². The van der Waals surface area contributed by atoms with Crippen LogP contribution in [0.3, 0.4) is 0 Å². The van der Waals surface area contributed by atoms with Crippen molar-refractivity contribution < 1.29 is 14.3 Å². The number of nitrogens with zero attached hydrogens (tertiary/aromatic N) is 2. The monoisotopic (exact) mass is 413 g/mol. The van der Waals surface area contributed by atoms with Crippen molar-refractivity contribution in [2.45, 2.75) is 30.8 Å². The van der Waals surface area contributed by atoms with Crippen molar-refractivity contribution in [3.8, 4) is 5.75 Å². The predicted octanol–water partition coefficient (Wildman–Crippen LogP) is 3.88. The van der Waals surface area contributed by atoms with E-state index in [1.54, 1.807) is 25.4 Å². The standard InChI is InChI=1S/C20H19N3O3S2/c1-11-7-15-14(8-13(26-2)9-21-15)20(22-11)27-10-16(24)17-5-6-18(28-17)19(25)23-12-3-4-12/h5-9,12H,3-4,10H2,1-2H3,(H,23,25). The summed E-state index contributed by atoms with van der Waals surface area (Å²) in [6.07, 6.45) is 3.74. The number of nitrogens with one attached hydrogen (secondary N) is 1. The Balaban J connectivity index is 1.49. The quantitative estimate of drug-likeness (QED) is 0.468. The molecule has 1 aliphatic rings. The fourth-order valence-corrected chi connectivity index (χ4v) is 4.60. The van der Waals surface area contributed by atoms with E-state index in [1.165, 1.54) is 23.1 Å². The van der Waals surface area contributed by atoms with Gasteiger partial charge >= 0.3 is 0 Å². The molecule has 1 amide bonds. The Labute approximate surface area is 170 Å². The summed E-state index contributed by atoms with van der Waals surface area (Å²) in [5.74, 6) is 0.778. The van der Waals surface area contributed by atoms with Gasteiger partial charge in [-0.25, -0.2) is 4.98 Å². The number of hydrogen-bond acceptors (Lipinski definition) is 7. The number of thiophene rings is 1. The normalized spacial score (nSPS) is 13.5. The van der Waals surface area contributed by atoms with Gasteiger partial charge in [-0.15, -0.1) is 11.3 Å². The van der Waals surface area contributed by atoms with Crippen LogP contribution in [-0.4, -0.2) is 40.6 Å². The Kier molecular flexibility index (Phi) is 5.32. The van der Waals surface area contributed by atoms with Gasteiger partial charge in [0, 0.05) is 17.1 Å². The average molecular weight is 414 g/mol. The van der Waals surface area contributed by atoms with E-state index < -0.39 is 0 Å². The first-order valence-electron chi connectivity index (χ1n) is 8.91. The molecule has 4 rings (SSSR count). The van der Waals surface area contributed by atoms with Gasteiger partial charge in [-0.1, -0.05) is 11.8 Å². The van der Waals surface area contributed by atoms with Crippen LogP contribution in [0.4, 0.5) is 0 Å². The number of carbonyl (C=O) groups excluding carboxylic acids is 2. The number of aromatic nitrogens is 2. The highest BCUT2D eigenvalue weighted by molar-refractivity contribution is 8.00. The maximum Gasteiger partial charge on any atom is 0.261 e. The summed E-state index contributed by atoms with van der Waals surface area (Å²) in [6, 6.07) is 7.53. The number of aryl methyl sites for hydroxylation is 1. The maximum atomic E-state index is 12.6. The number of ether oxygens (including phenoxy) is 1. The van der Waals surface area contributed by atoms with Gasteiger partial charge in [0.15, 0.2) is 5.78 Å². The smallest absolute Gasteiger partial charge is 0.261 e. The van der Waals surface area contributed by atoms with Crippen LogP contribution in [-0.2, 0) is 0 Å². The van der Waals surface area contributed by atoms with E-state index in [4.69, 9.17) is 4.74 Å². The molecule has 0 spiro atoms. The number of carbonyl (C=O) groups is 2. The number of thioether (sulfide) groups is 1. The SMILES string of the molecule is COc1cnc2cc(C)nc(SCC(=O)c3ccc(C(=O)NC4CC4)s3)c2c1. The fraction of sp³-hybridized carbons (Fsp3) is 0.300. The van der Waals surface area contributed by atoms with Gasteiger partial charge in [0.2, 0.25) is 0 Å². The molecule has 0 atom stereocenters. The zero-order chi connectivity index (χ0) is 19.7. The molecular formula is C20H19N3O3S2. The molecule has 1 aliphatic carbocycles. The molecule has 3 heterocycles. The van der Waals surface area contributed by atoms with Crippen molar-refractivity contribution in [2.75, 3.05) is 12.9 Å². The molecule has 1 fully saturated rings. The first-order valence-corrected chi connectivity index (χ1v) is 10.7. The molecule has 3 aromatic heterocycles. The van der Waals surface area contributed by atoms with Gasteiger partial charge in [0.05, 0.1) is 34.3 Å². The molecule has 6 nitrogen and oxygen atoms in total. The largest absolute Gasteiger partial charge is 0.495 e. The molecule has 0 unspecified atom stereocenters. The van der Waals surface area contributed by atoms with Gasteiger partial charge in [-0.2, -0.15) is 0 Å². The van der Waals surface area contributed by atoms with E-state index in [1.807, 2.05) is 19.1 Å². The van der Waals surface area contributed by atoms with Crippen LogP contribution >= 0.6 is 23.1 Å². The lowest BCUT2D eigenvalue weighted by Gasteiger charge is -2.08. The summed E-state index contributed by atoms with van der Waals surface area (Å²) in [4.78, 5) is 34.9. The predicted molar refractivity (Wildman–Crippen MR) is 111 cm³/mol. The van der Waals surface area contributed by atoms with E-state index in [9.17, 15) is 9.59 Å². The summed E-state index contributed by atoms with van der Waals surface area (Å²) in [5, 5.41) is 4.55. The van der Waals surface area contributed by atoms with Crippen molar-refractivity contribution >= 4 is 45.7 Å². The van der Waals surface area contributed by atoms with Crippen molar-refractivity contribution in [3.63, 3.8) is 0 Å². The number of pyridine rings is 2. The number of rotatable bonds is 7. The molecular weight excluding hydrogens is 394 g/mol. The zero-order valence-corrected chi connectivity index (χ0v) is 17.2. The topological polar surface area (TPSA) is 81.2 Å². The number of Topliss-reactive ketones (excluding diaryl/α,β-unsaturated/α-hetero) is 1. The lowest BCUT2D eigenvalue weighted by Crippen LogP contribution is -2.24. The van der Waals surface area contributed by atoms with Crippen molar-refractivity contribution in [1.29, 1.82) is 0 Å². The van der Waals surface area contributed by atoms with Gasteiger partial charge in [0.1, 0.15) is 10.8 Å². The molecule has 0 saturated heterocycles. The molecule has 0 radical (unpaired) electrons. The number of hydrogen-bond donors (Lipinski definition) is 1. The molecule has 1 saturated carbocycles. The Hall–Kier alpha value is -2.45. The van der Waals surface area contributed by atoms with Gasteiger partial charge in [0.25, 0.3) is 5.91 Å². The van der Waals surface area contributed by atoms with Crippen molar-refractivity contribution in [2.24, 2.45) is 0 Å².